The molecule has 2 aromatic rings. The lowest BCUT2D eigenvalue weighted by Crippen LogP contribution is -2.03. The van der Waals surface area contributed by atoms with E-state index in [-0.39, 0.29) is 5.75 Å². The van der Waals surface area contributed by atoms with Crippen molar-refractivity contribution in [1.29, 1.82) is 0 Å². The molecule has 3 rings (SSSR count). The summed E-state index contributed by atoms with van der Waals surface area (Å²) in [7, 11) is 0. The number of nitrogens with zero attached hydrogens (tertiary/aromatic N) is 2. The molecule has 1 fully saturated rings. The lowest BCUT2D eigenvalue weighted by Gasteiger charge is -2.08. The number of aromatic nitrogens is 2. The molecule has 0 aliphatic heterocycles. The number of hydrogen-bond donors (Lipinski definition) is 1. The van der Waals surface area contributed by atoms with Crippen molar-refractivity contribution in [3.05, 3.63) is 22.7 Å². The molecule has 21 heavy (non-hydrogen) atoms. The van der Waals surface area contributed by atoms with E-state index in [1.54, 1.807) is 0 Å². The monoisotopic (exact) mass is 368 g/mol. The second-order valence-corrected chi connectivity index (χ2v) is 7.29. The topological polar surface area (TPSA) is 55.1 Å². The van der Waals surface area contributed by atoms with E-state index in [9.17, 15) is 4.79 Å². The third-order valence-corrected chi connectivity index (χ3v) is 5.25. The number of fused-ring (bicyclic) bond motifs is 1. The summed E-state index contributed by atoms with van der Waals surface area (Å²) < 4.78 is 3.24. The van der Waals surface area contributed by atoms with Crippen LogP contribution >= 0.6 is 27.7 Å². The maximum Gasteiger partial charge on any atom is 0.313 e. The molecule has 1 aromatic heterocycles. The molecule has 1 aromatic carbocycles. The van der Waals surface area contributed by atoms with Crippen molar-refractivity contribution in [2.45, 2.75) is 37.4 Å². The fraction of sp³-hybridized carbons (Fsp3) is 0.467. The third kappa shape index (κ3) is 3.11. The maximum absolute atomic E-state index is 10.8. The lowest BCUT2D eigenvalue weighted by atomic mass is 10.2. The minimum atomic E-state index is -0.805. The van der Waals surface area contributed by atoms with E-state index < -0.39 is 5.97 Å². The number of halogens is 1. The lowest BCUT2D eigenvalue weighted by molar-refractivity contribution is -0.133. The molecule has 1 aliphatic rings. The van der Waals surface area contributed by atoms with Crippen molar-refractivity contribution in [3.63, 3.8) is 0 Å². The Balaban J connectivity index is 1.97. The summed E-state index contributed by atoms with van der Waals surface area (Å²) in [6, 6.07) is 6.56. The summed E-state index contributed by atoms with van der Waals surface area (Å²) in [6.07, 6.45) is 3.59. The Bertz CT molecular complexity index is 686. The van der Waals surface area contributed by atoms with E-state index in [0.717, 1.165) is 20.7 Å². The Hall–Kier alpha value is -1.01. The first-order chi connectivity index (χ1) is 10.1. The van der Waals surface area contributed by atoms with Gasteiger partial charge in [-0.25, -0.2) is 4.98 Å². The summed E-state index contributed by atoms with van der Waals surface area (Å²) in [4.78, 5) is 15.5. The van der Waals surface area contributed by atoms with Crippen molar-refractivity contribution < 1.29 is 9.90 Å². The highest BCUT2D eigenvalue weighted by molar-refractivity contribution is 9.10. The smallest absolute Gasteiger partial charge is 0.313 e. The molecular formula is C15H17BrN2O2S. The van der Waals surface area contributed by atoms with Gasteiger partial charge in [0.1, 0.15) is 0 Å². The number of carboxylic acids is 1. The third-order valence-electron chi connectivity index (χ3n) is 3.82. The number of carboxylic acid groups (broad SMARTS) is 1. The van der Waals surface area contributed by atoms with Crippen LogP contribution in [0.25, 0.3) is 11.0 Å². The predicted molar refractivity (Wildman–Crippen MR) is 87.8 cm³/mol. The van der Waals surface area contributed by atoms with Crippen LogP contribution in [0.1, 0.15) is 32.2 Å². The Morgan fingerprint density at radius 1 is 1.57 bits per heavy atom. The van der Waals surface area contributed by atoms with Crippen molar-refractivity contribution in [3.8, 4) is 0 Å². The molecule has 1 heterocycles. The molecule has 0 amide bonds. The summed E-state index contributed by atoms with van der Waals surface area (Å²) in [5.41, 5.74) is 2.04. The van der Waals surface area contributed by atoms with Gasteiger partial charge in [0, 0.05) is 10.5 Å². The number of imidazole rings is 1. The van der Waals surface area contributed by atoms with Gasteiger partial charge in [-0.2, -0.15) is 0 Å². The largest absolute Gasteiger partial charge is 0.481 e. The molecule has 2 atom stereocenters. The van der Waals surface area contributed by atoms with Crippen molar-refractivity contribution in [2.75, 3.05) is 5.75 Å². The molecule has 2 unspecified atom stereocenters. The molecular weight excluding hydrogens is 352 g/mol. The standard InChI is InChI=1S/C15H17BrN2O2S/c1-2-3-9-6-13(9)18-12-5-4-10(16)7-11(12)17-15(18)21-8-14(19)20/h4-5,7,9,13H,2-3,6,8H2,1H3,(H,19,20). The van der Waals surface area contributed by atoms with Crippen LogP contribution in [0.15, 0.2) is 27.8 Å². The Kier molecular flexibility index (Phi) is 4.26. The molecule has 0 spiro atoms. The van der Waals surface area contributed by atoms with E-state index in [1.165, 1.54) is 31.0 Å². The molecule has 0 radical (unpaired) electrons. The highest BCUT2D eigenvalue weighted by Gasteiger charge is 2.39. The summed E-state index contributed by atoms with van der Waals surface area (Å²) in [5, 5.41) is 9.74. The van der Waals surface area contributed by atoms with E-state index >= 15 is 0 Å². The minimum Gasteiger partial charge on any atom is -0.481 e. The zero-order valence-electron chi connectivity index (χ0n) is 11.8. The van der Waals surface area contributed by atoms with Gasteiger partial charge in [0.25, 0.3) is 0 Å². The second kappa shape index (κ2) is 6.01. The normalized spacial score (nSPS) is 20.9. The van der Waals surface area contributed by atoms with E-state index in [1.807, 2.05) is 12.1 Å². The maximum atomic E-state index is 10.8. The molecule has 4 nitrogen and oxygen atoms in total. The number of benzene rings is 1. The second-order valence-electron chi connectivity index (χ2n) is 5.43. The van der Waals surface area contributed by atoms with E-state index in [2.05, 4.69) is 38.5 Å². The SMILES string of the molecule is CCCC1CC1n1c(SCC(=O)O)nc2cc(Br)ccc21. The van der Waals surface area contributed by atoms with Crippen LogP contribution in [0.4, 0.5) is 0 Å². The first-order valence-corrected chi connectivity index (χ1v) is 8.90. The first kappa shape index (κ1) is 14.9. The van der Waals surface area contributed by atoms with Crippen LogP contribution in [0.3, 0.4) is 0 Å². The van der Waals surface area contributed by atoms with Crippen LogP contribution in [0, 0.1) is 5.92 Å². The van der Waals surface area contributed by atoms with Crippen molar-refractivity contribution in [1.82, 2.24) is 9.55 Å². The van der Waals surface area contributed by atoms with Gasteiger partial charge in [-0.05, 0) is 37.0 Å². The summed E-state index contributed by atoms with van der Waals surface area (Å²) in [6.45, 7) is 2.21. The molecule has 6 heteroatoms. The van der Waals surface area contributed by atoms with Gasteiger partial charge in [0.15, 0.2) is 5.16 Å². The molecule has 1 aliphatic carbocycles. The van der Waals surface area contributed by atoms with Gasteiger partial charge in [-0.15, -0.1) is 0 Å². The number of aliphatic carboxylic acids is 1. The summed E-state index contributed by atoms with van der Waals surface area (Å²) >= 11 is 4.78. The zero-order chi connectivity index (χ0) is 15.0. The van der Waals surface area contributed by atoms with E-state index in [4.69, 9.17) is 5.11 Å². The Morgan fingerprint density at radius 3 is 3.10 bits per heavy atom. The van der Waals surface area contributed by atoms with Crippen LogP contribution in [-0.4, -0.2) is 26.4 Å². The van der Waals surface area contributed by atoms with Gasteiger partial charge in [-0.1, -0.05) is 41.0 Å². The molecule has 1 saturated carbocycles. The van der Waals surface area contributed by atoms with Crippen LogP contribution < -0.4 is 0 Å². The Morgan fingerprint density at radius 2 is 2.38 bits per heavy atom. The molecule has 0 saturated heterocycles. The Labute approximate surface area is 136 Å². The predicted octanol–water partition coefficient (Wildman–Crippen LogP) is 4.34. The number of rotatable bonds is 6. The fourth-order valence-corrected chi connectivity index (χ4v) is 3.96. The van der Waals surface area contributed by atoms with Crippen LogP contribution in [-0.2, 0) is 4.79 Å². The van der Waals surface area contributed by atoms with Gasteiger partial charge in [0.05, 0.1) is 16.8 Å². The molecule has 112 valence electrons. The summed E-state index contributed by atoms with van der Waals surface area (Å²) in [5.74, 6) is -0.0451. The minimum absolute atomic E-state index is 0.0512. The molecule has 0 bridgehead atoms. The number of thioether (sulfide) groups is 1. The average Bonchev–Trinajstić information content (AvgIpc) is 3.08. The first-order valence-electron chi connectivity index (χ1n) is 7.12. The van der Waals surface area contributed by atoms with E-state index in [0.29, 0.717) is 12.0 Å². The quantitative estimate of drug-likeness (QED) is 0.770. The fourth-order valence-electron chi connectivity index (χ4n) is 2.83. The zero-order valence-corrected chi connectivity index (χ0v) is 14.2. The van der Waals surface area contributed by atoms with Gasteiger partial charge in [0.2, 0.25) is 0 Å². The van der Waals surface area contributed by atoms with Crippen LogP contribution in [0.2, 0.25) is 0 Å². The number of hydrogen-bond acceptors (Lipinski definition) is 3. The van der Waals surface area contributed by atoms with Crippen molar-refractivity contribution >= 4 is 44.7 Å². The van der Waals surface area contributed by atoms with Gasteiger partial charge >= 0.3 is 5.97 Å². The highest BCUT2D eigenvalue weighted by atomic mass is 79.9. The average molecular weight is 369 g/mol. The van der Waals surface area contributed by atoms with Crippen LogP contribution in [0.5, 0.6) is 0 Å². The highest BCUT2D eigenvalue weighted by Crippen LogP contribution is 2.49. The number of carbonyl (C=O) groups is 1. The molecule has 1 N–H and O–H groups in total. The van der Waals surface area contributed by atoms with Gasteiger partial charge < -0.3 is 9.67 Å². The van der Waals surface area contributed by atoms with Crippen molar-refractivity contribution in [2.24, 2.45) is 5.92 Å². The van der Waals surface area contributed by atoms with Gasteiger partial charge in [-0.3, -0.25) is 4.79 Å².